The van der Waals surface area contributed by atoms with E-state index in [1.807, 2.05) is 26.0 Å². The molecule has 0 bridgehead atoms. The molecule has 1 fully saturated rings. The van der Waals surface area contributed by atoms with E-state index < -0.39 is 0 Å². The number of carbonyl (C=O) groups excluding carboxylic acids is 1. The summed E-state index contributed by atoms with van der Waals surface area (Å²) in [5.74, 6) is 1.09. The van der Waals surface area contributed by atoms with Gasteiger partial charge in [0, 0.05) is 30.8 Å². The monoisotopic (exact) mass is 488 g/mol. The molecule has 1 saturated carbocycles. The van der Waals surface area contributed by atoms with Crippen molar-refractivity contribution in [1.29, 1.82) is 0 Å². The fourth-order valence-electron chi connectivity index (χ4n) is 4.07. The molecule has 178 valence electrons. The van der Waals surface area contributed by atoms with Crippen LogP contribution in [0.3, 0.4) is 0 Å². The maximum atomic E-state index is 12.5. The van der Waals surface area contributed by atoms with Crippen LogP contribution < -0.4 is 11.1 Å². The Balaban J connectivity index is 1.51. The van der Waals surface area contributed by atoms with Gasteiger partial charge in [-0.1, -0.05) is 31.0 Å². The van der Waals surface area contributed by atoms with Crippen LogP contribution in [0.1, 0.15) is 52.4 Å². The van der Waals surface area contributed by atoms with E-state index in [2.05, 4.69) is 25.1 Å². The Morgan fingerprint density at radius 1 is 1.33 bits per heavy atom. The number of nitrogens with one attached hydrogen (secondary N) is 1. The number of fused-ring (bicyclic) bond motifs is 1. The number of hydrogen-bond donors (Lipinski definition) is 2. The summed E-state index contributed by atoms with van der Waals surface area (Å²) in [5.41, 5.74) is 7.13. The van der Waals surface area contributed by atoms with Crippen molar-refractivity contribution < 1.29 is 9.53 Å². The van der Waals surface area contributed by atoms with Crippen molar-refractivity contribution in [1.82, 2.24) is 25.1 Å². The van der Waals surface area contributed by atoms with Gasteiger partial charge >= 0.3 is 0 Å². The van der Waals surface area contributed by atoms with Gasteiger partial charge in [-0.2, -0.15) is 0 Å². The molecule has 0 radical (unpaired) electrons. The molecule has 3 aromatic rings. The lowest BCUT2D eigenvalue weighted by Gasteiger charge is -2.22. The highest BCUT2D eigenvalue weighted by Crippen LogP contribution is 2.39. The van der Waals surface area contributed by atoms with Gasteiger partial charge in [0.2, 0.25) is 5.91 Å². The fourth-order valence-corrected chi connectivity index (χ4v) is 5.90. The third-order valence-electron chi connectivity index (χ3n) is 5.70. The lowest BCUT2D eigenvalue weighted by Crippen LogP contribution is -2.37. The van der Waals surface area contributed by atoms with Crippen molar-refractivity contribution in [2.45, 2.75) is 76.2 Å². The smallest absolute Gasteiger partial charge is 0.230 e. The molecule has 33 heavy (non-hydrogen) atoms. The van der Waals surface area contributed by atoms with Crippen molar-refractivity contribution in [3.63, 3.8) is 0 Å². The maximum Gasteiger partial charge on any atom is 0.230 e. The molecule has 0 aromatic carbocycles. The zero-order valence-electron chi connectivity index (χ0n) is 19.2. The molecule has 8 nitrogen and oxygen atoms in total. The number of nitrogen functional groups attached to an aromatic ring is 1. The number of thioether (sulfide) groups is 1. The molecule has 3 N–H and O–H groups in total. The third kappa shape index (κ3) is 6.04. The molecule has 0 saturated heterocycles. The fraction of sp³-hybridized carbons (Fsp3) is 0.565. The molecule has 4 rings (SSSR count). The van der Waals surface area contributed by atoms with Crippen molar-refractivity contribution in [3.8, 4) is 10.7 Å². The average molecular weight is 489 g/mol. The first-order valence-corrected chi connectivity index (χ1v) is 13.4. The number of hydrogen-bond acceptors (Lipinski definition) is 8. The van der Waals surface area contributed by atoms with E-state index >= 15 is 0 Å². The molecule has 0 atom stereocenters. The molecular weight excluding hydrogens is 456 g/mol. The van der Waals surface area contributed by atoms with Crippen LogP contribution >= 0.6 is 23.1 Å². The van der Waals surface area contributed by atoms with Gasteiger partial charge in [0.15, 0.2) is 11.0 Å². The molecule has 1 aliphatic rings. The second-order valence-electron chi connectivity index (χ2n) is 8.62. The van der Waals surface area contributed by atoms with Crippen LogP contribution in [-0.4, -0.2) is 50.2 Å². The van der Waals surface area contributed by atoms with Gasteiger partial charge in [-0.25, -0.2) is 4.98 Å². The third-order valence-corrected chi connectivity index (χ3v) is 7.80. The Kier molecular flexibility index (Phi) is 8.21. The Labute approximate surface area is 202 Å². The Hall–Kier alpha value is -2.17. The number of pyridine rings is 1. The number of amides is 1. The largest absolute Gasteiger partial charge is 0.397 e. The number of thiophene rings is 1. The second-order valence-corrected chi connectivity index (χ2v) is 10.6. The van der Waals surface area contributed by atoms with Crippen LogP contribution in [-0.2, 0) is 16.1 Å². The highest BCUT2D eigenvalue weighted by atomic mass is 32.2. The summed E-state index contributed by atoms with van der Waals surface area (Å²) in [6, 6.07) is 4.16. The second kappa shape index (κ2) is 11.3. The highest BCUT2D eigenvalue weighted by Gasteiger charge is 2.22. The predicted octanol–water partition coefficient (Wildman–Crippen LogP) is 4.49. The van der Waals surface area contributed by atoms with Gasteiger partial charge in [-0.15, -0.1) is 21.5 Å². The predicted molar refractivity (Wildman–Crippen MR) is 134 cm³/mol. The van der Waals surface area contributed by atoms with Crippen molar-refractivity contribution in [3.05, 3.63) is 18.3 Å². The Morgan fingerprint density at radius 2 is 2.15 bits per heavy atom. The highest BCUT2D eigenvalue weighted by molar-refractivity contribution is 7.99. The topological polar surface area (TPSA) is 108 Å². The van der Waals surface area contributed by atoms with Crippen molar-refractivity contribution in [2.24, 2.45) is 0 Å². The summed E-state index contributed by atoms with van der Waals surface area (Å²) in [5, 5.41) is 13.7. The molecule has 0 unspecified atom stereocenters. The number of nitrogens with two attached hydrogens (primary N) is 1. The molecule has 0 spiro atoms. The van der Waals surface area contributed by atoms with Crippen molar-refractivity contribution in [2.75, 3.05) is 18.1 Å². The lowest BCUT2D eigenvalue weighted by molar-refractivity contribution is -0.119. The summed E-state index contributed by atoms with van der Waals surface area (Å²) in [7, 11) is 0. The number of anilines is 1. The number of aromatic nitrogens is 4. The van der Waals surface area contributed by atoms with E-state index in [0.717, 1.165) is 45.3 Å². The van der Waals surface area contributed by atoms with Crippen LogP contribution in [0.2, 0.25) is 0 Å². The Bertz CT molecular complexity index is 1070. The summed E-state index contributed by atoms with van der Waals surface area (Å²) in [6.07, 6.45) is 8.57. The van der Waals surface area contributed by atoms with Gasteiger partial charge < -0.3 is 20.4 Å². The molecule has 3 aromatic heterocycles. The minimum absolute atomic E-state index is 0.0525. The molecule has 1 aliphatic carbocycles. The summed E-state index contributed by atoms with van der Waals surface area (Å²) in [6.45, 7) is 5.39. The van der Waals surface area contributed by atoms with Gasteiger partial charge in [-0.3, -0.25) is 4.79 Å². The Morgan fingerprint density at radius 3 is 2.91 bits per heavy atom. The number of rotatable bonds is 10. The minimum Gasteiger partial charge on any atom is -0.397 e. The first kappa shape index (κ1) is 24.0. The summed E-state index contributed by atoms with van der Waals surface area (Å²) >= 11 is 2.94. The maximum absolute atomic E-state index is 12.5. The first-order valence-electron chi connectivity index (χ1n) is 11.6. The van der Waals surface area contributed by atoms with Crippen LogP contribution in [0.25, 0.3) is 20.9 Å². The van der Waals surface area contributed by atoms with Crippen molar-refractivity contribution >= 4 is 44.9 Å². The normalized spacial score (nSPS) is 14.9. The lowest BCUT2D eigenvalue weighted by atomic mass is 9.95. The van der Waals surface area contributed by atoms with Gasteiger partial charge in [0.1, 0.15) is 4.83 Å². The standard InChI is InChI=1S/C23H32N6O2S2/c1-15(2)31-13-7-12-29-21(20-19(24)17-10-6-11-25-22(17)33-20)27-28-23(29)32-14-18(30)26-16-8-4-3-5-9-16/h6,10-11,15-16H,3-5,7-9,12-14,24H2,1-2H3,(H,26,30). The number of nitrogens with zero attached hydrogens (tertiary/aromatic N) is 4. The zero-order chi connectivity index (χ0) is 23.2. The zero-order valence-corrected chi connectivity index (χ0v) is 20.9. The molecule has 0 aliphatic heterocycles. The number of ether oxygens (including phenoxy) is 1. The van der Waals surface area contributed by atoms with Gasteiger partial charge in [-0.05, 0) is 45.2 Å². The van der Waals surface area contributed by atoms with E-state index in [9.17, 15) is 4.79 Å². The first-order chi connectivity index (χ1) is 16.0. The number of carbonyl (C=O) groups is 1. The van der Waals surface area contributed by atoms with Gasteiger partial charge in [0.25, 0.3) is 0 Å². The molecule has 10 heteroatoms. The summed E-state index contributed by atoms with van der Waals surface area (Å²) in [4.78, 5) is 18.7. The van der Waals surface area contributed by atoms with Crippen LogP contribution in [0, 0.1) is 0 Å². The molecule has 3 heterocycles. The van der Waals surface area contributed by atoms with E-state index in [1.54, 1.807) is 6.20 Å². The quantitative estimate of drug-likeness (QED) is 0.320. The SMILES string of the molecule is CC(C)OCCCn1c(SCC(=O)NC2CCCCC2)nnc1-c1sc2ncccc2c1N. The van der Waals surface area contributed by atoms with E-state index in [1.165, 1.54) is 42.4 Å². The van der Waals surface area contributed by atoms with E-state index in [0.29, 0.717) is 30.6 Å². The molecular formula is C23H32N6O2S2. The minimum atomic E-state index is 0.0525. The van der Waals surface area contributed by atoms with Crippen LogP contribution in [0.4, 0.5) is 5.69 Å². The van der Waals surface area contributed by atoms with Crippen LogP contribution in [0.15, 0.2) is 23.5 Å². The van der Waals surface area contributed by atoms with Crippen LogP contribution in [0.5, 0.6) is 0 Å². The van der Waals surface area contributed by atoms with E-state index in [4.69, 9.17) is 10.5 Å². The average Bonchev–Trinajstić information content (AvgIpc) is 3.36. The van der Waals surface area contributed by atoms with E-state index in [-0.39, 0.29) is 12.0 Å². The van der Waals surface area contributed by atoms with Gasteiger partial charge in [0.05, 0.1) is 22.4 Å². The molecule has 1 amide bonds. The summed E-state index contributed by atoms with van der Waals surface area (Å²) < 4.78 is 7.78.